The van der Waals surface area contributed by atoms with Crippen LogP contribution >= 0.6 is 11.3 Å². The third kappa shape index (κ3) is 1.78. The van der Waals surface area contributed by atoms with E-state index < -0.39 is 5.97 Å². The molecule has 2 N–H and O–H groups in total. The zero-order chi connectivity index (χ0) is 9.97. The predicted molar refractivity (Wildman–Crippen MR) is 53.5 cm³/mol. The lowest BCUT2D eigenvalue weighted by molar-refractivity contribution is -0.143. The van der Waals surface area contributed by atoms with Crippen LogP contribution in [-0.4, -0.2) is 29.1 Å². The van der Waals surface area contributed by atoms with Gasteiger partial charge in [0.25, 0.3) is 0 Å². The average Bonchev–Trinajstić information content (AvgIpc) is 2.70. The lowest BCUT2D eigenvalue weighted by Crippen LogP contribution is -2.38. The van der Waals surface area contributed by atoms with Crippen molar-refractivity contribution in [1.82, 2.24) is 10.3 Å². The minimum absolute atomic E-state index is 0.0428. The number of rotatable bonds is 2. The van der Waals surface area contributed by atoms with Crippen LogP contribution in [0.1, 0.15) is 17.3 Å². The molecule has 1 aromatic rings. The Morgan fingerprint density at radius 3 is 3.21 bits per heavy atom. The maximum atomic E-state index is 11.0. The van der Waals surface area contributed by atoms with Crippen LogP contribution in [0.15, 0.2) is 11.6 Å². The minimum atomic E-state index is -0.702. The molecule has 0 aliphatic carbocycles. The molecular weight excluding hydrogens is 200 g/mol. The predicted octanol–water partition coefficient (Wildman–Crippen LogP) is 0.921. The summed E-state index contributed by atoms with van der Waals surface area (Å²) in [5.41, 5.74) is 0. The van der Waals surface area contributed by atoms with Crippen LogP contribution in [0.2, 0.25) is 0 Å². The van der Waals surface area contributed by atoms with Gasteiger partial charge in [0.1, 0.15) is 0 Å². The number of hydrogen-bond donors (Lipinski definition) is 2. The van der Waals surface area contributed by atoms with Crippen LogP contribution in [0.3, 0.4) is 0 Å². The van der Waals surface area contributed by atoms with Crippen molar-refractivity contribution in [3.05, 3.63) is 16.6 Å². The molecule has 0 amide bonds. The molecule has 1 aliphatic heterocycles. The van der Waals surface area contributed by atoms with E-state index in [1.165, 1.54) is 11.3 Å². The van der Waals surface area contributed by atoms with E-state index in [-0.39, 0.29) is 11.8 Å². The molecule has 2 rings (SSSR count). The number of carbonyl (C=O) groups is 1. The van der Waals surface area contributed by atoms with Gasteiger partial charge in [-0.15, -0.1) is 11.3 Å². The van der Waals surface area contributed by atoms with Gasteiger partial charge in [-0.1, -0.05) is 0 Å². The third-order valence-corrected chi connectivity index (χ3v) is 3.48. The molecule has 14 heavy (non-hydrogen) atoms. The number of hydrogen-bond acceptors (Lipinski definition) is 4. The Balaban J connectivity index is 2.18. The molecule has 0 spiro atoms. The fourth-order valence-electron chi connectivity index (χ4n) is 1.83. The standard InChI is InChI=1S/C9H12N2O2S/c12-9(13)6-1-2-10-5-7(6)8-11-3-4-14-8/h3-4,6-7,10H,1-2,5H2,(H,12,13). The quantitative estimate of drug-likeness (QED) is 0.765. The molecule has 1 saturated heterocycles. The van der Waals surface area contributed by atoms with E-state index in [1.54, 1.807) is 6.20 Å². The molecule has 1 aliphatic rings. The van der Waals surface area contributed by atoms with E-state index >= 15 is 0 Å². The molecule has 0 radical (unpaired) electrons. The third-order valence-electron chi connectivity index (χ3n) is 2.57. The number of carboxylic acids is 1. The van der Waals surface area contributed by atoms with Crippen LogP contribution in [0.25, 0.3) is 0 Å². The molecule has 0 saturated carbocycles. The molecule has 76 valence electrons. The smallest absolute Gasteiger partial charge is 0.307 e. The van der Waals surface area contributed by atoms with Crippen molar-refractivity contribution < 1.29 is 9.90 Å². The van der Waals surface area contributed by atoms with Gasteiger partial charge in [0.15, 0.2) is 0 Å². The summed E-state index contributed by atoms with van der Waals surface area (Å²) < 4.78 is 0. The normalized spacial score (nSPS) is 27.4. The highest BCUT2D eigenvalue weighted by Gasteiger charge is 2.33. The largest absolute Gasteiger partial charge is 0.481 e. The highest BCUT2D eigenvalue weighted by molar-refractivity contribution is 7.09. The van der Waals surface area contributed by atoms with E-state index in [9.17, 15) is 4.79 Å². The lowest BCUT2D eigenvalue weighted by Gasteiger charge is -2.27. The second-order valence-electron chi connectivity index (χ2n) is 3.41. The summed E-state index contributed by atoms with van der Waals surface area (Å²) in [5, 5.41) is 15.1. The molecule has 2 unspecified atom stereocenters. The summed E-state index contributed by atoms with van der Waals surface area (Å²) in [5.74, 6) is -0.935. The van der Waals surface area contributed by atoms with Gasteiger partial charge in [0.2, 0.25) is 0 Å². The van der Waals surface area contributed by atoms with Crippen molar-refractivity contribution in [2.24, 2.45) is 5.92 Å². The molecule has 1 aromatic heterocycles. The number of thiazole rings is 1. The Morgan fingerprint density at radius 1 is 1.71 bits per heavy atom. The van der Waals surface area contributed by atoms with E-state index in [0.717, 1.165) is 18.1 Å². The number of piperidine rings is 1. The maximum Gasteiger partial charge on any atom is 0.307 e. The summed E-state index contributed by atoms with van der Waals surface area (Å²) in [6.45, 7) is 1.52. The Kier molecular flexibility index (Phi) is 2.79. The van der Waals surface area contributed by atoms with Crippen molar-refractivity contribution in [3.63, 3.8) is 0 Å². The Morgan fingerprint density at radius 2 is 2.57 bits per heavy atom. The first kappa shape index (κ1) is 9.61. The van der Waals surface area contributed by atoms with Gasteiger partial charge in [-0.25, -0.2) is 4.98 Å². The molecule has 2 heterocycles. The van der Waals surface area contributed by atoms with Crippen molar-refractivity contribution in [2.75, 3.05) is 13.1 Å². The zero-order valence-corrected chi connectivity index (χ0v) is 8.46. The highest BCUT2D eigenvalue weighted by Crippen LogP contribution is 2.30. The van der Waals surface area contributed by atoms with Crippen LogP contribution < -0.4 is 5.32 Å². The molecule has 5 heteroatoms. The molecule has 0 bridgehead atoms. The van der Waals surface area contributed by atoms with Gasteiger partial charge in [-0.05, 0) is 13.0 Å². The molecular formula is C9H12N2O2S. The van der Waals surface area contributed by atoms with E-state index in [0.29, 0.717) is 6.42 Å². The molecule has 4 nitrogen and oxygen atoms in total. The SMILES string of the molecule is O=C(O)C1CCNCC1c1nccs1. The van der Waals surface area contributed by atoms with Gasteiger partial charge in [0, 0.05) is 24.0 Å². The summed E-state index contributed by atoms with van der Waals surface area (Å²) >= 11 is 1.54. The number of nitrogens with one attached hydrogen (secondary N) is 1. The second-order valence-corrected chi connectivity index (χ2v) is 4.34. The Labute approximate surface area is 86.0 Å². The summed E-state index contributed by atoms with van der Waals surface area (Å²) in [7, 11) is 0. The number of carboxylic acid groups (broad SMARTS) is 1. The summed E-state index contributed by atoms with van der Waals surface area (Å²) in [6, 6.07) is 0. The Bertz CT molecular complexity index is 313. The van der Waals surface area contributed by atoms with Crippen LogP contribution in [0, 0.1) is 5.92 Å². The van der Waals surface area contributed by atoms with Crippen molar-refractivity contribution in [1.29, 1.82) is 0 Å². The van der Waals surface area contributed by atoms with E-state index in [1.807, 2.05) is 5.38 Å². The van der Waals surface area contributed by atoms with Crippen molar-refractivity contribution >= 4 is 17.3 Å². The fourth-order valence-corrected chi connectivity index (χ4v) is 2.64. The van der Waals surface area contributed by atoms with Gasteiger partial charge < -0.3 is 10.4 Å². The number of aliphatic carboxylic acids is 1. The number of aromatic nitrogens is 1. The van der Waals surface area contributed by atoms with Gasteiger partial charge in [-0.3, -0.25) is 4.79 Å². The lowest BCUT2D eigenvalue weighted by atomic mass is 9.87. The first-order chi connectivity index (χ1) is 6.79. The highest BCUT2D eigenvalue weighted by atomic mass is 32.1. The number of nitrogens with zero attached hydrogens (tertiary/aromatic N) is 1. The second kappa shape index (κ2) is 4.06. The minimum Gasteiger partial charge on any atom is -0.481 e. The fraction of sp³-hybridized carbons (Fsp3) is 0.556. The first-order valence-corrected chi connectivity index (χ1v) is 5.50. The topological polar surface area (TPSA) is 62.2 Å². The van der Waals surface area contributed by atoms with Crippen LogP contribution in [0.4, 0.5) is 0 Å². The van der Waals surface area contributed by atoms with E-state index in [2.05, 4.69) is 10.3 Å². The van der Waals surface area contributed by atoms with Crippen LogP contribution in [0.5, 0.6) is 0 Å². The first-order valence-electron chi connectivity index (χ1n) is 4.62. The summed E-state index contributed by atoms with van der Waals surface area (Å²) in [4.78, 5) is 15.2. The molecule has 0 aromatic carbocycles. The van der Waals surface area contributed by atoms with Crippen molar-refractivity contribution in [2.45, 2.75) is 12.3 Å². The molecule has 2 atom stereocenters. The van der Waals surface area contributed by atoms with Gasteiger partial charge in [-0.2, -0.15) is 0 Å². The molecule has 1 fully saturated rings. The maximum absolute atomic E-state index is 11.0. The van der Waals surface area contributed by atoms with Crippen molar-refractivity contribution in [3.8, 4) is 0 Å². The Hall–Kier alpha value is -0.940. The van der Waals surface area contributed by atoms with Crippen LogP contribution in [-0.2, 0) is 4.79 Å². The summed E-state index contributed by atoms with van der Waals surface area (Å²) in [6.07, 6.45) is 2.42. The zero-order valence-electron chi connectivity index (χ0n) is 7.64. The monoisotopic (exact) mass is 212 g/mol. The van der Waals surface area contributed by atoms with Gasteiger partial charge in [0.05, 0.1) is 10.9 Å². The van der Waals surface area contributed by atoms with E-state index in [4.69, 9.17) is 5.11 Å². The average molecular weight is 212 g/mol. The van der Waals surface area contributed by atoms with Gasteiger partial charge >= 0.3 is 5.97 Å².